The van der Waals surface area contributed by atoms with Crippen molar-refractivity contribution in [3.05, 3.63) is 34.9 Å². The molecule has 1 aromatic rings. The highest BCUT2D eigenvalue weighted by atomic mass is 16.5. The number of carbonyl (C=O) groups excluding carboxylic acids is 4. The highest BCUT2D eigenvalue weighted by Crippen LogP contribution is 2.32. The van der Waals surface area contributed by atoms with Crippen LogP contribution in [0.25, 0.3) is 0 Å². The van der Waals surface area contributed by atoms with Crippen molar-refractivity contribution in [1.82, 2.24) is 10.2 Å². The highest BCUT2D eigenvalue weighted by Gasteiger charge is 2.41. The molecule has 0 bridgehead atoms. The van der Waals surface area contributed by atoms with E-state index >= 15 is 0 Å². The molecule has 1 aromatic carbocycles. The number of hydrogen-bond donors (Lipinski definition) is 1. The number of benzene rings is 1. The summed E-state index contributed by atoms with van der Waals surface area (Å²) in [5.41, 5.74) is 0.828. The SMILES string of the molecule is COC(=O)C(CC(C)C)NC(=O)c1ccc2c(c1)C(=O)N(C1CCCC1)C2=O. The van der Waals surface area contributed by atoms with Crippen molar-refractivity contribution in [1.29, 1.82) is 0 Å². The Morgan fingerprint density at radius 1 is 1.14 bits per heavy atom. The minimum absolute atomic E-state index is 0.0561. The average molecular weight is 386 g/mol. The molecule has 1 fully saturated rings. The molecule has 150 valence electrons. The largest absolute Gasteiger partial charge is 0.467 e. The molecule has 0 aromatic heterocycles. The fourth-order valence-electron chi connectivity index (χ4n) is 3.96. The predicted octanol–water partition coefficient (Wildman–Crippen LogP) is 2.54. The summed E-state index contributed by atoms with van der Waals surface area (Å²) < 4.78 is 4.77. The predicted molar refractivity (Wildman–Crippen MR) is 102 cm³/mol. The van der Waals surface area contributed by atoms with Gasteiger partial charge in [0.2, 0.25) is 0 Å². The Labute approximate surface area is 164 Å². The summed E-state index contributed by atoms with van der Waals surface area (Å²) in [6, 6.07) is 3.66. The van der Waals surface area contributed by atoms with Crippen LogP contribution in [0.15, 0.2) is 18.2 Å². The third-order valence-corrected chi connectivity index (χ3v) is 5.37. The van der Waals surface area contributed by atoms with Gasteiger partial charge < -0.3 is 10.1 Å². The van der Waals surface area contributed by atoms with Gasteiger partial charge in [0.25, 0.3) is 17.7 Å². The monoisotopic (exact) mass is 386 g/mol. The quantitative estimate of drug-likeness (QED) is 0.599. The van der Waals surface area contributed by atoms with E-state index in [1.807, 2.05) is 13.8 Å². The molecular weight excluding hydrogens is 360 g/mol. The summed E-state index contributed by atoms with van der Waals surface area (Å²) in [5, 5.41) is 2.68. The first-order valence-electron chi connectivity index (χ1n) is 9.74. The van der Waals surface area contributed by atoms with E-state index in [4.69, 9.17) is 4.74 Å². The molecule has 7 nitrogen and oxygen atoms in total. The van der Waals surface area contributed by atoms with Crippen molar-refractivity contribution in [2.24, 2.45) is 5.92 Å². The molecule has 1 saturated carbocycles. The van der Waals surface area contributed by atoms with Crippen molar-refractivity contribution in [3.63, 3.8) is 0 Å². The first kappa shape index (κ1) is 20.0. The van der Waals surface area contributed by atoms with Crippen LogP contribution in [0.4, 0.5) is 0 Å². The second kappa shape index (κ2) is 8.12. The molecule has 0 saturated heterocycles. The van der Waals surface area contributed by atoms with Crippen LogP contribution in [-0.4, -0.2) is 47.8 Å². The number of carbonyl (C=O) groups is 4. The number of esters is 1. The van der Waals surface area contributed by atoms with Crippen molar-refractivity contribution < 1.29 is 23.9 Å². The fourth-order valence-corrected chi connectivity index (χ4v) is 3.96. The maximum atomic E-state index is 12.8. The number of ether oxygens (including phenoxy) is 1. The topological polar surface area (TPSA) is 92.8 Å². The zero-order valence-corrected chi connectivity index (χ0v) is 16.5. The molecule has 3 amide bonds. The minimum Gasteiger partial charge on any atom is -0.467 e. The van der Waals surface area contributed by atoms with Crippen LogP contribution < -0.4 is 5.32 Å². The lowest BCUT2D eigenvalue weighted by atomic mass is 10.0. The van der Waals surface area contributed by atoms with E-state index in [0.717, 1.165) is 25.7 Å². The molecule has 7 heteroatoms. The van der Waals surface area contributed by atoms with Crippen LogP contribution in [0, 0.1) is 5.92 Å². The van der Waals surface area contributed by atoms with Crippen LogP contribution in [0.1, 0.15) is 77.0 Å². The Balaban J connectivity index is 1.80. The molecular formula is C21H26N2O5. The van der Waals surface area contributed by atoms with Gasteiger partial charge in [-0.2, -0.15) is 0 Å². The number of nitrogens with one attached hydrogen (secondary N) is 1. The van der Waals surface area contributed by atoms with Crippen LogP contribution in [0.3, 0.4) is 0 Å². The van der Waals surface area contributed by atoms with Gasteiger partial charge in [0.1, 0.15) is 6.04 Å². The Hall–Kier alpha value is -2.70. The zero-order chi connectivity index (χ0) is 20.4. The normalized spacial score (nSPS) is 17.8. The number of imide groups is 1. The maximum Gasteiger partial charge on any atom is 0.328 e. The van der Waals surface area contributed by atoms with E-state index in [0.29, 0.717) is 12.0 Å². The standard InChI is InChI=1S/C21H26N2O5/c1-12(2)10-17(21(27)28-3)22-18(24)13-8-9-15-16(11-13)20(26)23(19(15)25)14-6-4-5-7-14/h8-9,11-12,14,17H,4-7,10H2,1-3H3,(H,22,24). The number of fused-ring (bicyclic) bond motifs is 1. The van der Waals surface area contributed by atoms with E-state index < -0.39 is 17.9 Å². The number of amides is 3. The van der Waals surface area contributed by atoms with Crippen molar-refractivity contribution in [3.8, 4) is 0 Å². The van der Waals surface area contributed by atoms with E-state index in [-0.39, 0.29) is 34.9 Å². The van der Waals surface area contributed by atoms with Crippen LogP contribution in [0.5, 0.6) is 0 Å². The Morgan fingerprint density at radius 3 is 2.39 bits per heavy atom. The third-order valence-electron chi connectivity index (χ3n) is 5.37. The summed E-state index contributed by atoms with van der Waals surface area (Å²) >= 11 is 0. The van der Waals surface area contributed by atoms with Crippen LogP contribution >= 0.6 is 0 Å². The Kier molecular flexibility index (Phi) is 5.82. The third kappa shape index (κ3) is 3.79. The van der Waals surface area contributed by atoms with E-state index in [2.05, 4.69) is 5.32 Å². The lowest BCUT2D eigenvalue weighted by Gasteiger charge is -2.21. The maximum absolute atomic E-state index is 12.8. The van der Waals surface area contributed by atoms with E-state index in [9.17, 15) is 19.2 Å². The molecule has 1 atom stereocenters. The molecule has 1 aliphatic carbocycles. The van der Waals surface area contributed by atoms with Crippen LogP contribution in [-0.2, 0) is 9.53 Å². The first-order chi connectivity index (χ1) is 13.3. The Morgan fingerprint density at radius 2 is 1.79 bits per heavy atom. The molecule has 1 unspecified atom stereocenters. The number of hydrogen-bond acceptors (Lipinski definition) is 5. The fraction of sp³-hybridized carbons (Fsp3) is 0.524. The highest BCUT2D eigenvalue weighted by molar-refractivity contribution is 6.22. The zero-order valence-electron chi connectivity index (χ0n) is 16.5. The lowest BCUT2D eigenvalue weighted by molar-refractivity contribution is -0.143. The summed E-state index contributed by atoms with van der Waals surface area (Å²) in [7, 11) is 1.28. The number of nitrogens with zero attached hydrogens (tertiary/aromatic N) is 1. The number of rotatable bonds is 6. The summed E-state index contributed by atoms with van der Waals surface area (Å²) in [6.45, 7) is 3.89. The summed E-state index contributed by atoms with van der Waals surface area (Å²) in [5.74, 6) is -1.43. The number of methoxy groups -OCH3 is 1. The van der Waals surface area contributed by atoms with Gasteiger partial charge >= 0.3 is 5.97 Å². The molecule has 1 N–H and O–H groups in total. The van der Waals surface area contributed by atoms with Gasteiger partial charge in [-0.05, 0) is 43.4 Å². The molecule has 0 spiro atoms. The van der Waals surface area contributed by atoms with Crippen molar-refractivity contribution in [2.75, 3.05) is 7.11 Å². The molecule has 1 aliphatic heterocycles. The van der Waals surface area contributed by atoms with E-state index in [1.165, 1.54) is 30.2 Å². The smallest absolute Gasteiger partial charge is 0.328 e. The molecule has 1 heterocycles. The van der Waals surface area contributed by atoms with Gasteiger partial charge in [0, 0.05) is 11.6 Å². The minimum atomic E-state index is -0.766. The summed E-state index contributed by atoms with van der Waals surface area (Å²) in [6.07, 6.45) is 4.12. The van der Waals surface area contributed by atoms with Gasteiger partial charge in [-0.3, -0.25) is 19.3 Å². The molecule has 3 rings (SSSR count). The van der Waals surface area contributed by atoms with Gasteiger partial charge in [0.05, 0.1) is 18.2 Å². The second-order valence-electron chi connectivity index (χ2n) is 7.86. The van der Waals surface area contributed by atoms with Gasteiger partial charge in [-0.25, -0.2) is 4.79 Å². The van der Waals surface area contributed by atoms with Gasteiger partial charge in [-0.1, -0.05) is 26.7 Å². The van der Waals surface area contributed by atoms with E-state index in [1.54, 1.807) is 0 Å². The second-order valence-corrected chi connectivity index (χ2v) is 7.86. The molecule has 28 heavy (non-hydrogen) atoms. The summed E-state index contributed by atoms with van der Waals surface area (Å²) in [4.78, 5) is 51.4. The van der Waals surface area contributed by atoms with Crippen molar-refractivity contribution >= 4 is 23.7 Å². The lowest BCUT2D eigenvalue weighted by Crippen LogP contribution is -2.42. The Bertz CT molecular complexity index is 811. The van der Waals surface area contributed by atoms with Gasteiger partial charge in [-0.15, -0.1) is 0 Å². The molecule has 2 aliphatic rings. The average Bonchev–Trinajstić information content (AvgIpc) is 3.27. The van der Waals surface area contributed by atoms with Crippen molar-refractivity contribution in [2.45, 2.75) is 58.0 Å². The van der Waals surface area contributed by atoms with Gasteiger partial charge in [0.15, 0.2) is 0 Å². The van der Waals surface area contributed by atoms with Crippen LogP contribution in [0.2, 0.25) is 0 Å². The molecule has 0 radical (unpaired) electrons. The first-order valence-corrected chi connectivity index (χ1v) is 9.74.